The van der Waals surface area contributed by atoms with Crippen molar-refractivity contribution in [3.05, 3.63) is 16.5 Å². The highest BCUT2D eigenvalue weighted by Gasteiger charge is 2.40. The maximum absolute atomic E-state index is 12.0. The number of aromatic nitrogens is 2. The molecule has 1 unspecified atom stereocenters. The first-order valence-electron chi connectivity index (χ1n) is 7.03. The van der Waals surface area contributed by atoms with E-state index in [4.69, 9.17) is 0 Å². The molecule has 5 nitrogen and oxygen atoms in total. The molecule has 0 bridgehead atoms. The molecular weight excluding hydrogens is 320 g/mol. The van der Waals surface area contributed by atoms with Gasteiger partial charge in [0.05, 0.1) is 5.41 Å². The zero-order valence-corrected chi connectivity index (χ0v) is 13.4. The summed E-state index contributed by atoms with van der Waals surface area (Å²) < 4.78 is 0.831. The lowest BCUT2D eigenvalue weighted by Crippen LogP contribution is -2.39. The van der Waals surface area contributed by atoms with Gasteiger partial charge in [0.25, 0.3) is 0 Å². The van der Waals surface area contributed by atoms with Crippen molar-refractivity contribution in [3.63, 3.8) is 0 Å². The van der Waals surface area contributed by atoms with Crippen LogP contribution in [0.1, 0.15) is 37.9 Å². The molecule has 0 radical (unpaired) electrons. The summed E-state index contributed by atoms with van der Waals surface area (Å²) in [5, 5.41) is 2.76. The molecule has 1 aliphatic heterocycles. The molecule has 1 amide bonds. The number of amides is 1. The molecule has 2 heterocycles. The minimum Gasteiger partial charge on any atom is -0.359 e. The number of carbonyl (C=O) groups is 1. The van der Waals surface area contributed by atoms with E-state index in [9.17, 15) is 4.79 Å². The van der Waals surface area contributed by atoms with Crippen molar-refractivity contribution in [2.75, 3.05) is 25.0 Å². The van der Waals surface area contributed by atoms with Crippen LogP contribution in [0.3, 0.4) is 0 Å². The molecule has 0 aromatic carbocycles. The summed E-state index contributed by atoms with van der Waals surface area (Å²) in [6, 6.07) is 1.95. The van der Waals surface area contributed by atoms with Gasteiger partial charge in [0.15, 0.2) is 0 Å². The van der Waals surface area contributed by atoms with Crippen LogP contribution in [0.4, 0.5) is 5.82 Å². The van der Waals surface area contributed by atoms with Gasteiger partial charge in [-0.25, -0.2) is 9.97 Å². The Kier molecular flexibility index (Phi) is 3.44. The van der Waals surface area contributed by atoms with Gasteiger partial charge in [0.1, 0.15) is 16.2 Å². The van der Waals surface area contributed by atoms with Crippen molar-refractivity contribution >= 4 is 27.7 Å². The van der Waals surface area contributed by atoms with Crippen molar-refractivity contribution < 1.29 is 4.79 Å². The van der Waals surface area contributed by atoms with Crippen LogP contribution in [-0.2, 0) is 4.79 Å². The number of nitrogens with one attached hydrogen (secondary N) is 1. The van der Waals surface area contributed by atoms with Crippen molar-refractivity contribution in [3.8, 4) is 0 Å². The van der Waals surface area contributed by atoms with Crippen molar-refractivity contribution in [2.45, 2.75) is 32.1 Å². The first kappa shape index (κ1) is 13.8. The molecule has 1 aromatic heterocycles. The van der Waals surface area contributed by atoms with E-state index >= 15 is 0 Å². The molecule has 1 saturated carbocycles. The monoisotopic (exact) mass is 338 g/mol. The van der Waals surface area contributed by atoms with E-state index < -0.39 is 0 Å². The Labute approximate surface area is 127 Å². The second-order valence-electron chi connectivity index (χ2n) is 5.99. The zero-order chi connectivity index (χ0) is 14.3. The fourth-order valence-electron chi connectivity index (χ4n) is 2.75. The largest absolute Gasteiger partial charge is 0.359 e. The maximum Gasteiger partial charge on any atom is 0.227 e. The van der Waals surface area contributed by atoms with Gasteiger partial charge in [0, 0.05) is 32.1 Å². The molecule has 1 saturated heterocycles. The van der Waals surface area contributed by atoms with Crippen molar-refractivity contribution in [1.82, 2.24) is 15.3 Å². The van der Waals surface area contributed by atoms with E-state index in [-0.39, 0.29) is 11.3 Å². The molecule has 20 heavy (non-hydrogen) atoms. The molecule has 6 heteroatoms. The number of halogens is 1. The number of hydrogen-bond donors (Lipinski definition) is 1. The highest BCUT2D eigenvalue weighted by Crippen LogP contribution is 2.40. The van der Waals surface area contributed by atoms with E-state index in [0.717, 1.165) is 29.2 Å². The van der Waals surface area contributed by atoms with E-state index in [1.165, 1.54) is 12.8 Å². The number of carbonyl (C=O) groups excluding carboxylic acids is 1. The fraction of sp³-hybridized carbons (Fsp3) is 0.643. The quantitative estimate of drug-likeness (QED) is 0.857. The molecule has 1 aromatic rings. The maximum atomic E-state index is 12.0. The lowest BCUT2D eigenvalue weighted by atomic mass is 9.89. The summed E-state index contributed by atoms with van der Waals surface area (Å²) in [5.74, 6) is 2.50. The number of hydrogen-bond acceptors (Lipinski definition) is 4. The van der Waals surface area contributed by atoms with Gasteiger partial charge < -0.3 is 10.2 Å². The molecule has 2 aliphatic rings. The van der Waals surface area contributed by atoms with Gasteiger partial charge in [0.2, 0.25) is 5.91 Å². The summed E-state index contributed by atoms with van der Waals surface area (Å²) in [4.78, 5) is 23.3. The second kappa shape index (κ2) is 4.98. The van der Waals surface area contributed by atoms with Crippen LogP contribution in [0.5, 0.6) is 0 Å². The third kappa shape index (κ3) is 2.53. The van der Waals surface area contributed by atoms with Gasteiger partial charge in [-0.3, -0.25) is 4.79 Å². The standard InChI is InChI=1S/C14H19BrN4O/c1-14(13(20)16-2)5-6-19(8-14)11-7-10(15)17-12(18-11)9-3-4-9/h7,9H,3-6,8H2,1-2H3,(H,16,20). The minimum absolute atomic E-state index is 0.107. The highest BCUT2D eigenvalue weighted by atomic mass is 79.9. The second-order valence-corrected chi connectivity index (χ2v) is 6.81. The van der Waals surface area contributed by atoms with Gasteiger partial charge in [-0.2, -0.15) is 0 Å². The lowest BCUT2D eigenvalue weighted by Gasteiger charge is -2.23. The number of anilines is 1. The summed E-state index contributed by atoms with van der Waals surface area (Å²) >= 11 is 3.47. The van der Waals surface area contributed by atoms with Gasteiger partial charge in [-0.1, -0.05) is 0 Å². The first-order valence-corrected chi connectivity index (χ1v) is 7.83. The summed E-state index contributed by atoms with van der Waals surface area (Å²) in [6.45, 7) is 3.58. The molecule has 1 aliphatic carbocycles. The third-order valence-corrected chi connectivity index (χ3v) is 4.62. The first-order chi connectivity index (χ1) is 9.51. The van der Waals surface area contributed by atoms with Crippen LogP contribution in [0, 0.1) is 5.41 Å². The molecular formula is C14H19BrN4O. The van der Waals surface area contributed by atoms with Crippen LogP contribution >= 0.6 is 15.9 Å². The summed E-state index contributed by atoms with van der Waals surface area (Å²) in [6.07, 6.45) is 3.23. The van der Waals surface area contributed by atoms with Crippen molar-refractivity contribution in [2.24, 2.45) is 5.41 Å². The normalized spacial score (nSPS) is 25.9. The van der Waals surface area contributed by atoms with E-state index in [2.05, 4.69) is 36.1 Å². The average Bonchev–Trinajstić information content (AvgIpc) is 3.20. The zero-order valence-electron chi connectivity index (χ0n) is 11.8. The predicted octanol–water partition coefficient (Wildman–Crippen LogP) is 2.08. The smallest absolute Gasteiger partial charge is 0.227 e. The van der Waals surface area contributed by atoms with E-state index in [1.807, 2.05) is 13.0 Å². The Bertz CT molecular complexity index is 546. The number of nitrogens with zero attached hydrogens (tertiary/aromatic N) is 3. The van der Waals surface area contributed by atoms with Gasteiger partial charge in [-0.05, 0) is 42.1 Å². The summed E-state index contributed by atoms with van der Waals surface area (Å²) in [5.41, 5.74) is -0.327. The lowest BCUT2D eigenvalue weighted by molar-refractivity contribution is -0.128. The third-order valence-electron chi connectivity index (χ3n) is 4.21. The number of rotatable bonds is 3. The van der Waals surface area contributed by atoms with E-state index in [0.29, 0.717) is 12.5 Å². The van der Waals surface area contributed by atoms with Crippen LogP contribution in [0.2, 0.25) is 0 Å². The molecule has 1 atom stereocenters. The van der Waals surface area contributed by atoms with Crippen molar-refractivity contribution in [1.29, 1.82) is 0 Å². The minimum atomic E-state index is -0.327. The Morgan fingerprint density at radius 1 is 1.50 bits per heavy atom. The summed E-state index contributed by atoms with van der Waals surface area (Å²) in [7, 11) is 1.70. The van der Waals surface area contributed by atoms with Crippen LogP contribution in [0.15, 0.2) is 10.7 Å². The molecule has 0 spiro atoms. The van der Waals surface area contributed by atoms with Gasteiger partial charge >= 0.3 is 0 Å². The predicted molar refractivity (Wildman–Crippen MR) is 80.7 cm³/mol. The van der Waals surface area contributed by atoms with Crippen LogP contribution in [-0.4, -0.2) is 36.0 Å². The Balaban J connectivity index is 1.82. The molecule has 1 N–H and O–H groups in total. The Hall–Kier alpha value is -1.17. The molecule has 108 valence electrons. The SMILES string of the molecule is CNC(=O)C1(C)CCN(c2cc(Br)nc(C3CC3)n2)C1. The highest BCUT2D eigenvalue weighted by molar-refractivity contribution is 9.10. The van der Waals surface area contributed by atoms with Crippen LogP contribution < -0.4 is 10.2 Å². The molecule has 2 fully saturated rings. The molecule has 3 rings (SSSR count). The fourth-order valence-corrected chi connectivity index (χ4v) is 3.14. The topological polar surface area (TPSA) is 58.1 Å². The van der Waals surface area contributed by atoms with Gasteiger partial charge in [-0.15, -0.1) is 0 Å². The Morgan fingerprint density at radius 2 is 2.25 bits per heavy atom. The Morgan fingerprint density at radius 3 is 2.90 bits per heavy atom. The van der Waals surface area contributed by atoms with Crippen LogP contribution in [0.25, 0.3) is 0 Å². The average molecular weight is 339 g/mol. The van der Waals surface area contributed by atoms with E-state index in [1.54, 1.807) is 7.05 Å².